The molecular weight excluding hydrogens is 292 g/mol. The smallest absolute Gasteiger partial charge is 0.106 e. The van der Waals surface area contributed by atoms with Gasteiger partial charge < -0.3 is 5.32 Å². The lowest BCUT2D eigenvalue weighted by Gasteiger charge is -2.18. The predicted octanol–water partition coefficient (Wildman–Crippen LogP) is 3.41. The summed E-state index contributed by atoms with van der Waals surface area (Å²) in [7, 11) is 0. The van der Waals surface area contributed by atoms with Gasteiger partial charge in [-0.2, -0.15) is 5.10 Å². The molecule has 0 aliphatic heterocycles. The van der Waals surface area contributed by atoms with E-state index in [1.807, 2.05) is 23.0 Å². The van der Waals surface area contributed by atoms with Crippen molar-refractivity contribution in [1.82, 2.24) is 14.8 Å². The van der Waals surface area contributed by atoms with E-state index >= 15 is 0 Å². The molecule has 0 unspecified atom stereocenters. The fourth-order valence-electron chi connectivity index (χ4n) is 1.50. The Kier molecular flexibility index (Phi) is 3.71. The normalized spacial score (nSPS) is 11.6. The number of hydrogen-bond acceptors (Lipinski definition) is 3. The van der Waals surface area contributed by atoms with Crippen molar-refractivity contribution in [1.29, 1.82) is 0 Å². The molecule has 2 heterocycles. The number of nitrogens with zero attached hydrogens (tertiary/aromatic N) is 3. The van der Waals surface area contributed by atoms with Crippen LogP contribution in [0.5, 0.6) is 0 Å². The first-order chi connectivity index (χ1) is 8.45. The van der Waals surface area contributed by atoms with Gasteiger partial charge in [0, 0.05) is 18.3 Å². The molecule has 0 amide bonds. The first kappa shape index (κ1) is 13.1. The van der Waals surface area contributed by atoms with Crippen LogP contribution >= 0.6 is 15.9 Å². The van der Waals surface area contributed by atoms with Crippen molar-refractivity contribution < 1.29 is 0 Å². The molecular formula is C13H17BrN4. The number of anilines is 1. The predicted molar refractivity (Wildman–Crippen MR) is 76.5 cm³/mol. The Morgan fingerprint density at radius 1 is 1.28 bits per heavy atom. The van der Waals surface area contributed by atoms with Crippen molar-refractivity contribution in [3.8, 4) is 0 Å². The summed E-state index contributed by atoms with van der Waals surface area (Å²) in [5, 5.41) is 7.68. The van der Waals surface area contributed by atoms with Crippen LogP contribution in [0.3, 0.4) is 0 Å². The molecule has 0 fully saturated rings. The summed E-state index contributed by atoms with van der Waals surface area (Å²) in [5.74, 6) is 0. The molecule has 2 aromatic heterocycles. The summed E-state index contributed by atoms with van der Waals surface area (Å²) in [4.78, 5) is 4.17. The van der Waals surface area contributed by atoms with Gasteiger partial charge in [0.1, 0.15) is 4.60 Å². The summed E-state index contributed by atoms with van der Waals surface area (Å²) < 4.78 is 2.82. The summed E-state index contributed by atoms with van der Waals surface area (Å²) in [6.07, 6.45) is 5.77. The molecule has 96 valence electrons. The molecule has 0 aliphatic rings. The van der Waals surface area contributed by atoms with Crippen LogP contribution in [0, 0.1) is 0 Å². The molecule has 0 bridgehead atoms. The van der Waals surface area contributed by atoms with Gasteiger partial charge in [-0.1, -0.05) is 0 Å². The van der Waals surface area contributed by atoms with E-state index in [-0.39, 0.29) is 5.54 Å². The lowest BCUT2D eigenvalue weighted by atomic mass is 10.1. The maximum atomic E-state index is 4.37. The Morgan fingerprint density at radius 2 is 2.06 bits per heavy atom. The first-order valence-corrected chi connectivity index (χ1v) is 6.64. The van der Waals surface area contributed by atoms with Gasteiger partial charge in [-0.05, 0) is 48.8 Å². The van der Waals surface area contributed by atoms with Crippen molar-refractivity contribution in [3.05, 3.63) is 40.9 Å². The van der Waals surface area contributed by atoms with Crippen LogP contribution in [0.2, 0.25) is 0 Å². The minimum absolute atomic E-state index is 0.0252. The highest BCUT2D eigenvalue weighted by Crippen LogP contribution is 2.15. The van der Waals surface area contributed by atoms with Gasteiger partial charge in [-0.25, -0.2) is 4.98 Å². The molecule has 0 saturated carbocycles. The van der Waals surface area contributed by atoms with Crippen molar-refractivity contribution >= 4 is 21.6 Å². The van der Waals surface area contributed by atoms with Crippen molar-refractivity contribution in [2.75, 3.05) is 5.32 Å². The third-order valence-electron chi connectivity index (χ3n) is 2.55. The van der Waals surface area contributed by atoms with Gasteiger partial charge in [-0.3, -0.25) is 4.68 Å². The number of rotatable bonds is 3. The Bertz CT molecular complexity index is 511. The monoisotopic (exact) mass is 308 g/mol. The topological polar surface area (TPSA) is 42.7 Å². The molecule has 18 heavy (non-hydrogen) atoms. The highest BCUT2D eigenvalue weighted by atomic mass is 79.9. The molecule has 0 saturated heterocycles. The van der Waals surface area contributed by atoms with Gasteiger partial charge in [0.05, 0.1) is 23.6 Å². The zero-order chi connectivity index (χ0) is 13.2. The number of aromatic nitrogens is 3. The standard InChI is InChI=1S/C13H17BrN4/c1-13(2,3)18-9-10(7-17-18)6-15-11-4-5-12(14)16-8-11/h4-5,7-9,15H,6H2,1-3H3. The quantitative estimate of drug-likeness (QED) is 0.884. The molecule has 0 aliphatic carbocycles. The van der Waals surface area contributed by atoms with Crippen LogP contribution < -0.4 is 5.32 Å². The third kappa shape index (κ3) is 3.32. The fraction of sp³-hybridized carbons (Fsp3) is 0.385. The van der Waals surface area contributed by atoms with E-state index in [1.54, 1.807) is 6.20 Å². The molecule has 2 rings (SSSR count). The highest BCUT2D eigenvalue weighted by Gasteiger charge is 2.13. The van der Waals surface area contributed by atoms with Gasteiger partial charge in [-0.15, -0.1) is 0 Å². The van der Waals surface area contributed by atoms with Crippen LogP contribution in [0.15, 0.2) is 35.3 Å². The zero-order valence-corrected chi connectivity index (χ0v) is 12.4. The fourth-order valence-corrected chi connectivity index (χ4v) is 1.74. The minimum Gasteiger partial charge on any atom is -0.380 e. The van der Waals surface area contributed by atoms with Crippen LogP contribution in [0.1, 0.15) is 26.3 Å². The van der Waals surface area contributed by atoms with E-state index in [0.29, 0.717) is 0 Å². The second-order valence-corrected chi connectivity index (χ2v) is 6.00. The van der Waals surface area contributed by atoms with E-state index in [4.69, 9.17) is 0 Å². The molecule has 0 spiro atoms. The molecule has 1 N–H and O–H groups in total. The van der Waals surface area contributed by atoms with E-state index < -0.39 is 0 Å². The molecule has 5 heteroatoms. The van der Waals surface area contributed by atoms with E-state index in [1.165, 1.54) is 0 Å². The SMILES string of the molecule is CC(C)(C)n1cc(CNc2ccc(Br)nc2)cn1. The minimum atomic E-state index is 0.0252. The lowest BCUT2D eigenvalue weighted by molar-refractivity contribution is 0.355. The van der Waals surface area contributed by atoms with Crippen LogP contribution in [0.25, 0.3) is 0 Å². The highest BCUT2D eigenvalue weighted by molar-refractivity contribution is 9.10. The summed E-state index contributed by atoms with van der Waals surface area (Å²) in [6, 6.07) is 3.91. The maximum absolute atomic E-state index is 4.37. The number of halogens is 1. The van der Waals surface area contributed by atoms with E-state index in [9.17, 15) is 0 Å². The van der Waals surface area contributed by atoms with Crippen LogP contribution in [-0.4, -0.2) is 14.8 Å². The van der Waals surface area contributed by atoms with Gasteiger partial charge >= 0.3 is 0 Å². The Morgan fingerprint density at radius 3 is 2.61 bits per heavy atom. The van der Waals surface area contributed by atoms with Crippen molar-refractivity contribution in [3.63, 3.8) is 0 Å². The zero-order valence-electron chi connectivity index (χ0n) is 10.8. The second-order valence-electron chi connectivity index (χ2n) is 5.19. The number of nitrogens with one attached hydrogen (secondary N) is 1. The first-order valence-electron chi connectivity index (χ1n) is 5.84. The molecule has 2 aromatic rings. The maximum Gasteiger partial charge on any atom is 0.106 e. The summed E-state index contributed by atoms with van der Waals surface area (Å²) in [5.41, 5.74) is 2.19. The van der Waals surface area contributed by atoms with Gasteiger partial charge in [0.2, 0.25) is 0 Å². The van der Waals surface area contributed by atoms with Crippen molar-refractivity contribution in [2.24, 2.45) is 0 Å². The van der Waals surface area contributed by atoms with Crippen LogP contribution in [-0.2, 0) is 12.1 Å². The average molecular weight is 309 g/mol. The largest absolute Gasteiger partial charge is 0.380 e. The third-order valence-corrected chi connectivity index (χ3v) is 3.02. The Hall–Kier alpha value is -1.36. The Balaban J connectivity index is 1.98. The molecule has 0 radical (unpaired) electrons. The Labute approximate surface area is 116 Å². The molecule has 0 aromatic carbocycles. The van der Waals surface area contributed by atoms with Gasteiger partial charge in [0.25, 0.3) is 0 Å². The number of hydrogen-bond donors (Lipinski definition) is 1. The number of pyridine rings is 1. The van der Waals surface area contributed by atoms with Crippen LogP contribution in [0.4, 0.5) is 5.69 Å². The van der Waals surface area contributed by atoms with E-state index in [2.05, 4.69) is 58.3 Å². The average Bonchev–Trinajstić information content (AvgIpc) is 2.77. The van der Waals surface area contributed by atoms with E-state index in [0.717, 1.165) is 22.4 Å². The lowest BCUT2D eigenvalue weighted by Crippen LogP contribution is -2.21. The van der Waals surface area contributed by atoms with Gasteiger partial charge in [0.15, 0.2) is 0 Å². The summed E-state index contributed by atoms with van der Waals surface area (Å²) >= 11 is 3.31. The summed E-state index contributed by atoms with van der Waals surface area (Å²) in [6.45, 7) is 7.15. The molecule has 4 nitrogen and oxygen atoms in total. The molecule has 0 atom stereocenters. The van der Waals surface area contributed by atoms with Crippen molar-refractivity contribution in [2.45, 2.75) is 32.9 Å². The second kappa shape index (κ2) is 5.10.